The van der Waals surface area contributed by atoms with E-state index in [0.29, 0.717) is 42.2 Å². The van der Waals surface area contributed by atoms with Crippen LogP contribution in [0, 0.1) is 5.82 Å². The second-order valence-corrected chi connectivity index (χ2v) is 9.15. The van der Waals surface area contributed by atoms with Gasteiger partial charge in [0.1, 0.15) is 11.7 Å². The Balaban J connectivity index is 2.30. The van der Waals surface area contributed by atoms with E-state index in [-0.39, 0.29) is 15.8 Å². The zero-order chi connectivity index (χ0) is 23.7. The molecule has 0 saturated carbocycles. The van der Waals surface area contributed by atoms with E-state index in [1.807, 2.05) is 0 Å². The highest BCUT2D eigenvalue weighted by Gasteiger charge is 2.13. The summed E-state index contributed by atoms with van der Waals surface area (Å²) in [5.74, 6) is -0.0167. The van der Waals surface area contributed by atoms with Crippen LogP contribution in [0.4, 0.5) is 10.1 Å². The van der Waals surface area contributed by atoms with E-state index in [1.54, 1.807) is 7.11 Å². The van der Waals surface area contributed by atoms with Crippen molar-refractivity contribution in [3.63, 3.8) is 0 Å². The quantitative estimate of drug-likeness (QED) is 0.256. The van der Waals surface area contributed by atoms with Gasteiger partial charge >= 0.3 is 0 Å². The molecule has 4 N–H and O–H groups in total. The van der Waals surface area contributed by atoms with Crippen LogP contribution in [0.5, 0.6) is 0 Å². The summed E-state index contributed by atoms with van der Waals surface area (Å²) in [4.78, 5) is 8.39. The maximum Gasteiger partial charge on any atom is 0.177 e. The number of sulfone groups is 1. The minimum absolute atomic E-state index is 0.0323. The lowest BCUT2D eigenvalue weighted by molar-refractivity contribution is 0.197. The van der Waals surface area contributed by atoms with Crippen molar-refractivity contribution in [2.24, 2.45) is 10.7 Å². The van der Waals surface area contributed by atoms with Gasteiger partial charge in [0.2, 0.25) is 0 Å². The molecule has 0 unspecified atom stereocenters. The first-order chi connectivity index (χ1) is 15.1. The summed E-state index contributed by atoms with van der Waals surface area (Å²) in [5.41, 5.74) is 7.57. The maximum atomic E-state index is 13.3. The van der Waals surface area contributed by atoms with E-state index in [2.05, 4.69) is 27.2 Å². The third kappa shape index (κ3) is 7.63. The van der Waals surface area contributed by atoms with Crippen LogP contribution in [0.25, 0.3) is 5.57 Å². The lowest BCUT2D eigenvalue weighted by Crippen LogP contribution is -2.20. The van der Waals surface area contributed by atoms with E-state index in [1.165, 1.54) is 42.9 Å². The smallest absolute Gasteiger partial charge is 0.177 e. The van der Waals surface area contributed by atoms with E-state index in [0.717, 1.165) is 6.26 Å². The Hall–Kier alpha value is -2.95. The molecule has 0 spiro atoms. The number of hydrogen-bond acceptors (Lipinski definition) is 7. The molecule has 0 amide bonds. The highest BCUT2D eigenvalue weighted by atomic mass is 35.5. The van der Waals surface area contributed by atoms with Crippen molar-refractivity contribution in [2.45, 2.75) is 11.3 Å². The van der Waals surface area contributed by atoms with Gasteiger partial charge in [-0.2, -0.15) is 0 Å². The zero-order valence-electron chi connectivity index (χ0n) is 17.7. The Kier molecular flexibility index (Phi) is 9.18. The number of anilines is 1. The molecule has 0 aliphatic carbocycles. The van der Waals surface area contributed by atoms with Crippen molar-refractivity contribution < 1.29 is 17.5 Å². The number of amidine groups is 1. The molecule has 1 heterocycles. The van der Waals surface area contributed by atoms with Gasteiger partial charge in [-0.1, -0.05) is 18.2 Å². The topological polar surface area (TPSA) is 119 Å². The number of nitrogens with two attached hydrogens (primary N) is 1. The van der Waals surface area contributed by atoms with Crippen LogP contribution >= 0.6 is 11.6 Å². The highest BCUT2D eigenvalue weighted by molar-refractivity contribution is 7.90. The van der Waals surface area contributed by atoms with Crippen molar-refractivity contribution in [3.05, 3.63) is 71.7 Å². The number of rotatable bonds is 11. The van der Waals surface area contributed by atoms with Gasteiger partial charge < -0.3 is 21.1 Å². The number of aliphatic imine (C=N–C) groups is 1. The summed E-state index contributed by atoms with van der Waals surface area (Å²) in [7, 11) is -1.87. The molecule has 32 heavy (non-hydrogen) atoms. The number of ether oxygens (including phenoxy) is 1. The number of pyridine rings is 1. The lowest BCUT2D eigenvalue weighted by Gasteiger charge is -2.13. The van der Waals surface area contributed by atoms with Crippen molar-refractivity contribution >= 4 is 38.5 Å². The molecule has 0 bridgehead atoms. The van der Waals surface area contributed by atoms with Crippen LogP contribution in [0.2, 0.25) is 5.02 Å². The van der Waals surface area contributed by atoms with Gasteiger partial charge in [-0.3, -0.25) is 9.98 Å². The van der Waals surface area contributed by atoms with E-state index in [4.69, 9.17) is 22.1 Å². The number of halogens is 2. The fraction of sp³-hybridized carbons (Fsp3) is 0.238. The van der Waals surface area contributed by atoms with Crippen LogP contribution in [0.1, 0.15) is 12.0 Å². The largest absolute Gasteiger partial charge is 0.385 e. The number of aromatic nitrogens is 1. The molecule has 0 aliphatic heterocycles. The Morgan fingerprint density at radius 1 is 1.38 bits per heavy atom. The normalized spacial score (nSPS) is 12.5. The number of benzene rings is 1. The summed E-state index contributed by atoms with van der Waals surface area (Å²) in [5, 5.41) is 5.85. The van der Waals surface area contributed by atoms with Gasteiger partial charge in [-0.15, -0.1) is 0 Å². The maximum absolute atomic E-state index is 13.3. The Labute approximate surface area is 192 Å². The molecular formula is C21H25ClFN5O3S. The molecule has 11 heteroatoms. The molecule has 8 nitrogen and oxygen atoms in total. The van der Waals surface area contributed by atoms with Crippen LogP contribution in [-0.2, 0) is 14.6 Å². The van der Waals surface area contributed by atoms with Crippen molar-refractivity contribution in [3.8, 4) is 0 Å². The molecule has 172 valence electrons. The van der Waals surface area contributed by atoms with Crippen molar-refractivity contribution in [2.75, 3.05) is 31.8 Å². The summed E-state index contributed by atoms with van der Waals surface area (Å²) in [6, 6.07) is 5.61. The third-order valence-electron chi connectivity index (χ3n) is 4.12. The molecule has 2 aromatic rings. The predicted octanol–water partition coefficient (Wildman–Crippen LogP) is 3.19. The summed E-state index contributed by atoms with van der Waals surface area (Å²) >= 11 is 5.79. The first kappa shape index (κ1) is 25.3. The third-order valence-corrected chi connectivity index (χ3v) is 5.49. The van der Waals surface area contributed by atoms with Gasteiger partial charge in [-0.05, 0) is 30.7 Å². The van der Waals surface area contributed by atoms with Gasteiger partial charge in [0.15, 0.2) is 9.84 Å². The molecule has 1 aromatic carbocycles. The number of hydrogen-bond donors (Lipinski definition) is 3. The van der Waals surface area contributed by atoms with Crippen LogP contribution in [0.15, 0.2) is 65.1 Å². The summed E-state index contributed by atoms with van der Waals surface area (Å²) < 4.78 is 42.2. The van der Waals surface area contributed by atoms with E-state index < -0.39 is 15.7 Å². The second kappa shape index (κ2) is 11.6. The molecule has 0 radical (unpaired) electrons. The van der Waals surface area contributed by atoms with E-state index >= 15 is 0 Å². The van der Waals surface area contributed by atoms with Gasteiger partial charge in [0.05, 0.1) is 15.7 Å². The first-order valence-electron chi connectivity index (χ1n) is 9.44. The summed E-state index contributed by atoms with van der Waals surface area (Å²) in [6.07, 6.45) is 6.03. The number of nitrogens with zero attached hydrogens (tertiary/aromatic N) is 2. The average Bonchev–Trinajstić information content (AvgIpc) is 2.73. The van der Waals surface area contributed by atoms with Crippen LogP contribution in [0.3, 0.4) is 0 Å². The molecule has 0 fully saturated rings. The molecular weight excluding hydrogens is 457 g/mol. The second-order valence-electron chi connectivity index (χ2n) is 6.73. The lowest BCUT2D eigenvalue weighted by atomic mass is 10.1. The van der Waals surface area contributed by atoms with Crippen molar-refractivity contribution in [1.29, 1.82) is 0 Å². The Morgan fingerprint density at radius 2 is 2.12 bits per heavy atom. The fourth-order valence-corrected chi connectivity index (χ4v) is 3.29. The SMILES string of the molecule is C=C(NC=C(C(N)=NCCCOC)c1cncc(S(C)(=O)=O)c1)Nc1ccc(F)c(Cl)c1. The minimum atomic E-state index is -3.47. The standard InChI is InChI=1S/C21H25ClFN5O3S/c1-14(28-16-5-6-20(23)19(22)10-16)27-13-18(21(24)26-7-4-8-31-2)15-9-17(12-25-11-15)32(3,29)30/h5-6,9-13,27-28H,1,4,7-8H2,2-3H3,(H2,24,26). The molecule has 1 aromatic heterocycles. The average molecular weight is 482 g/mol. The van der Waals surface area contributed by atoms with Crippen LogP contribution in [-0.4, -0.2) is 45.8 Å². The number of nitrogens with one attached hydrogen (secondary N) is 2. The van der Waals surface area contributed by atoms with Gasteiger partial charge in [0.25, 0.3) is 0 Å². The molecule has 0 saturated heterocycles. The van der Waals surface area contributed by atoms with Gasteiger partial charge in [0, 0.05) is 61.9 Å². The highest BCUT2D eigenvalue weighted by Crippen LogP contribution is 2.21. The summed E-state index contributed by atoms with van der Waals surface area (Å²) in [6.45, 7) is 4.81. The molecule has 0 atom stereocenters. The zero-order valence-corrected chi connectivity index (χ0v) is 19.3. The van der Waals surface area contributed by atoms with Crippen LogP contribution < -0.4 is 16.4 Å². The first-order valence-corrected chi connectivity index (χ1v) is 11.7. The van der Waals surface area contributed by atoms with Gasteiger partial charge in [-0.25, -0.2) is 12.8 Å². The van der Waals surface area contributed by atoms with E-state index in [9.17, 15) is 12.8 Å². The monoisotopic (exact) mass is 481 g/mol. The Morgan fingerprint density at radius 3 is 2.78 bits per heavy atom. The molecule has 2 rings (SSSR count). The van der Waals surface area contributed by atoms with Crippen molar-refractivity contribution in [1.82, 2.24) is 10.3 Å². The molecule has 0 aliphatic rings. The minimum Gasteiger partial charge on any atom is -0.385 e. The fourth-order valence-electron chi connectivity index (χ4n) is 2.51. The number of methoxy groups -OCH3 is 1. The predicted molar refractivity (Wildman–Crippen MR) is 126 cm³/mol. The Bertz CT molecular complexity index is 1140.